The molecule has 0 amide bonds. The summed E-state index contributed by atoms with van der Waals surface area (Å²) < 4.78 is 0. The van der Waals surface area contributed by atoms with E-state index in [0.717, 1.165) is 0 Å². The van der Waals surface area contributed by atoms with Gasteiger partial charge in [0.05, 0.1) is 0 Å². The van der Waals surface area contributed by atoms with Gasteiger partial charge in [0.25, 0.3) is 0 Å². The summed E-state index contributed by atoms with van der Waals surface area (Å²) in [6.45, 7) is 6.66. The van der Waals surface area contributed by atoms with Crippen molar-refractivity contribution in [2.45, 2.75) is 20.8 Å². The van der Waals surface area contributed by atoms with E-state index in [1.807, 2.05) is 0 Å². The molecular weight excluding hydrogens is 499 g/mol. The molecule has 0 bridgehead atoms. The average Bonchev–Trinajstić information content (AvgIpc) is 2.99. The zero-order chi connectivity index (χ0) is 27.5. The van der Waals surface area contributed by atoms with Gasteiger partial charge in [-0.3, -0.25) is 0 Å². The van der Waals surface area contributed by atoms with E-state index in [4.69, 9.17) is 0 Å². The minimum absolute atomic E-state index is 0.916. The first-order valence-corrected chi connectivity index (χ1v) is 15.2. The van der Waals surface area contributed by atoms with Crippen molar-refractivity contribution < 1.29 is 0 Å². The molecule has 6 aromatic rings. The molecule has 0 aromatic heterocycles. The van der Waals surface area contributed by atoms with Crippen LogP contribution in [0.2, 0.25) is 0 Å². The number of benzene rings is 6. The van der Waals surface area contributed by atoms with Crippen LogP contribution < -0.4 is 15.9 Å². The molecule has 194 valence electrons. The van der Waals surface area contributed by atoms with E-state index in [9.17, 15) is 0 Å². The summed E-state index contributed by atoms with van der Waals surface area (Å²) in [6, 6.07) is 53.5. The second kappa shape index (κ2) is 11.5. The molecule has 0 heterocycles. The summed E-state index contributed by atoms with van der Waals surface area (Å²) in [4.78, 5) is 0. The second-order valence-electron chi connectivity index (χ2n) is 10.3. The maximum absolute atomic E-state index is 2.36. The molecule has 0 aliphatic heterocycles. The van der Waals surface area contributed by atoms with Crippen LogP contribution in [0.25, 0.3) is 33.4 Å². The zero-order valence-electron chi connectivity index (χ0n) is 23.3. The highest BCUT2D eigenvalue weighted by atomic mass is 31.1. The van der Waals surface area contributed by atoms with E-state index in [-0.39, 0.29) is 0 Å². The van der Waals surface area contributed by atoms with Crippen molar-refractivity contribution >= 4 is 23.8 Å². The van der Waals surface area contributed by atoms with Crippen LogP contribution in [0.15, 0.2) is 146 Å². The van der Waals surface area contributed by atoms with Gasteiger partial charge >= 0.3 is 0 Å². The predicted molar refractivity (Wildman–Crippen MR) is 176 cm³/mol. The predicted octanol–water partition coefficient (Wildman–Crippen LogP) is 9.37. The summed E-state index contributed by atoms with van der Waals surface area (Å²) in [5.41, 5.74) is 11.7. The van der Waals surface area contributed by atoms with E-state index < -0.39 is 7.92 Å². The molecule has 0 aliphatic rings. The highest BCUT2D eigenvalue weighted by Crippen LogP contribution is 2.43. The number of hydrogen-bond acceptors (Lipinski definition) is 0. The van der Waals surface area contributed by atoms with Gasteiger partial charge in [0.15, 0.2) is 0 Å². The summed E-state index contributed by atoms with van der Waals surface area (Å²) >= 11 is 0. The van der Waals surface area contributed by atoms with Crippen LogP contribution in [0.5, 0.6) is 0 Å². The third-order valence-electron chi connectivity index (χ3n) is 7.74. The fourth-order valence-electron chi connectivity index (χ4n) is 5.70. The number of aryl methyl sites for hydroxylation is 3. The molecule has 0 atom stereocenters. The average molecular weight is 533 g/mol. The molecule has 0 aliphatic carbocycles. The zero-order valence-corrected chi connectivity index (χ0v) is 24.2. The fraction of sp³-hybridized carbons (Fsp3) is 0.0769. The molecule has 0 radical (unpaired) electrons. The summed E-state index contributed by atoms with van der Waals surface area (Å²) in [5.74, 6) is 0. The molecule has 0 unspecified atom stereocenters. The van der Waals surface area contributed by atoms with Crippen LogP contribution in [0.3, 0.4) is 0 Å². The molecule has 1 heteroatoms. The van der Waals surface area contributed by atoms with Crippen molar-refractivity contribution in [3.8, 4) is 33.4 Å². The molecule has 6 rings (SSSR count). The third-order valence-corrected chi connectivity index (χ3v) is 10.4. The molecule has 0 N–H and O–H groups in total. The molecule has 0 fully saturated rings. The van der Waals surface area contributed by atoms with Gasteiger partial charge in [0.2, 0.25) is 0 Å². The Hall–Kier alpha value is -4.25. The van der Waals surface area contributed by atoms with Crippen molar-refractivity contribution in [3.63, 3.8) is 0 Å². The smallest absolute Gasteiger partial charge is 0.00721 e. The lowest BCUT2D eigenvalue weighted by Gasteiger charge is -2.28. The standard InChI is InChI=1S/C39H33P/c1-28-16-4-7-19-31(28)34-22-10-13-25-37(34)40(38-26-14-11-23-35(38)32-20-8-5-17-29(32)2)39-27-15-12-24-36(39)33-21-9-6-18-30(33)3/h4-27H,1-3H3. The van der Waals surface area contributed by atoms with Crippen molar-refractivity contribution in [2.75, 3.05) is 0 Å². The van der Waals surface area contributed by atoms with Crippen LogP contribution in [0, 0.1) is 20.8 Å². The van der Waals surface area contributed by atoms with Gasteiger partial charge in [-0.15, -0.1) is 0 Å². The Bertz CT molecular complexity index is 1580. The first-order chi connectivity index (χ1) is 19.6. The molecule has 0 spiro atoms. The molecule has 0 nitrogen and oxygen atoms in total. The summed E-state index contributed by atoms with van der Waals surface area (Å²) in [6.07, 6.45) is 0. The van der Waals surface area contributed by atoms with Crippen molar-refractivity contribution in [1.29, 1.82) is 0 Å². The van der Waals surface area contributed by atoms with Crippen LogP contribution in [-0.4, -0.2) is 0 Å². The van der Waals surface area contributed by atoms with Gasteiger partial charge in [0, 0.05) is 0 Å². The number of hydrogen-bond donors (Lipinski definition) is 0. The topological polar surface area (TPSA) is 0 Å². The van der Waals surface area contributed by atoms with E-state index in [1.54, 1.807) is 0 Å². The van der Waals surface area contributed by atoms with E-state index in [2.05, 4.69) is 166 Å². The lowest BCUT2D eigenvalue weighted by Crippen LogP contribution is -2.25. The van der Waals surface area contributed by atoms with Crippen LogP contribution in [-0.2, 0) is 0 Å². The Labute approximate surface area is 239 Å². The lowest BCUT2D eigenvalue weighted by molar-refractivity contribution is 1.46. The third kappa shape index (κ3) is 4.92. The van der Waals surface area contributed by atoms with Crippen molar-refractivity contribution in [3.05, 3.63) is 162 Å². The van der Waals surface area contributed by atoms with Crippen LogP contribution in [0.1, 0.15) is 16.7 Å². The van der Waals surface area contributed by atoms with Crippen molar-refractivity contribution in [2.24, 2.45) is 0 Å². The minimum atomic E-state index is -0.916. The van der Waals surface area contributed by atoms with Crippen molar-refractivity contribution in [1.82, 2.24) is 0 Å². The quantitative estimate of drug-likeness (QED) is 0.188. The van der Waals surface area contributed by atoms with Gasteiger partial charge in [0.1, 0.15) is 0 Å². The molecule has 6 aromatic carbocycles. The first kappa shape index (κ1) is 26.0. The Morgan fingerprint density at radius 3 is 0.775 bits per heavy atom. The maximum atomic E-state index is 2.36. The van der Waals surface area contributed by atoms with Gasteiger partial charge in [-0.05, 0) is 94.7 Å². The second-order valence-corrected chi connectivity index (χ2v) is 12.4. The SMILES string of the molecule is Cc1ccccc1-c1ccccc1P(c1ccccc1-c1ccccc1C)c1ccccc1-c1ccccc1C. The highest BCUT2D eigenvalue weighted by molar-refractivity contribution is 7.80. The van der Waals surface area contributed by atoms with E-state index in [0.29, 0.717) is 0 Å². The Balaban J connectivity index is 1.70. The molecule has 40 heavy (non-hydrogen) atoms. The van der Waals surface area contributed by atoms with Gasteiger partial charge in [-0.2, -0.15) is 0 Å². The summed E-state index contributed by atoms with van der Waals surface area (Å²) in [7, 11) is -0.916. The van der Waals surface area contributed by atoms with Gasteiger partial charge < -0.3 is 0 Å². The molecule has 0 saturated heterocycles. The maximum Gasteiger partial charge on any atom is -0.00721 e. The Morgan fingerprint density at radius 2 is 0.500 bits per heavy atom. The van der Waals surface area contributed by atoms with Crippen LogP contribution in [0.4, 0.5) is 0 Å². The summed E-state index contributed by atoms with van der Waals surface area (Å²) in [5, 5.41) is 4.15. The molecular formula is C39H33P. The van der Waals surface area contributed by atoms with E-state index in [1.165, 1.54) is 66.0 Å². The fourth-order valence-corrected chi connectivity index (χ4v) is 8.50. The highest BCUT2D eigenvalue weighted by Gasteiger charge is 2.26. The Kier molecular flexibility index (Phi) is 7.45. The van der Waals surface area contributed by atoms with Gasteiger partial charge in [-0.1, -0.05) is 146 Å². The van der Waals surface area contributed by atoms with E-state index >= 15 is 0 Å². The van der Waals surface area contributed by atoms with Crippen LogP contribution >= 0.6 is 7.92 Å². The Morgan fingerprint density at radius 1 is 0.275 bits per heavy atom. The van der Waals surface area contributed by atoms with Gasteiger partial charge in [-0.25, -0.2) is 0 Å². The number of rotatable bonds is 6. The minimum Gasteiger partial charge on any atom is -0.0620 e. The normalized spacial score (nSPS) is 11.1. The lowest BCUT2D eigenvalue weighted by atomic mass is 10.0. The largest absolute Gasteiger partial charge is 0.0620 e. The monoisotopic (exact) mass is 532 g/mol. The molecule has 0 saturated carbocycles. The first-order valence-electron chi connectivity index (χ1n) is 13.9.